The molecule has 2 N–H and O–H groups in total. The Kier molecular flexibility index (Phi) is 5.40. The fourth-order valence-corrected chi connectivity index (χ4v) is 1.91. The van der Waals surface area contributed by atoms with E-state index < -0.39 is 12.2 Å². The van der Waals surface area contributed by atoms with Crippen molar-refractivity contribution in [3.8, 4) is 0 Å². The van der Waals surface area contributed by atoms with Crippen LogP contribution >= 0.6 is 11.8 Å². The standard InChI is InChI=1S/C11H14O5S/c1-7(13)17-5-4-9(14)11(15)10-3-2-8(6-12)16-10/h2-3,6,9,11,14-15H,4-5H2,1H3. The highest BCUT2D eigenvalue weighted by molar-refractivity contribution is 8.13. The average Bonchev–Trinajstić information content (AvgIpc) is 2.75. The summed E-state index contributed by atoms with van der Waals surface area (Å²) in [5, 5.41) is 19.3. The van der Waals surface area contributed by atoms with Gasteiger partial charge in [0.25, 0.3) is 0 Å². The van der Waals surface area contributed by atoms with Gasteiger partial charge in [-0.05, 0) is 18.6 Å². The maximum absolute atomic E-state index is 10.7. The molecule has 0 aliphatic rings. The number of carbonyl (C=O) groups is 2. The summed E-state index contributed by atoms with van der Waals surface area (Å²) >= 11 is 1.09. The number of aliphatic hydroxyl groups excluding tert-OH is 2. The highest BCUT2D eigenvalue weighted by Crippen LogP contribution is 2.22. The molecule has 1 rings (SSSR count). The molecule has 0 bridgehead atoms. The van der Waals surface area contributed by atoms with Crippen molar-refractivity contribution in [3.63, 3.8) is 0 Å². The molecule has 0 saturated carbocycles. The Morgan fingerprint density at radius 2 is 2.24 bits per heavy atom. The summed E-state index contributed by atoms with van der Waals surface area (Å²) in [5.41, 5.74) is 0. The van der Waals surface area contributed by atoms with Gasteiger partial charge in [0.05, 0.1) is 6.10 Å². The normalized spacial score (nSPS) is 14.3. The first kappa shape index (κ1) is 14.0. The second-order valence-electron chi connectivity index (χ2n) is 3.50. The second kappa shape index (κ2) is 6.58. The van der Waals surface area contributed by atoms with Gasteiger partial charge in [0.15, 0.2) is 17.2 Å². The summed E-state index contributed by atoms with van der Waals surface area (Å²) in [6.07, 6.45) is -1.42. The molecule has 0 amide bonds. The number of hydrogen-bond donors (Lipinski definition) is 2. The van der Waals surface area contributed by atoms with E-state index in [1.165, 1.54) is 19.1 Å². The van der Waals surface area contributed by atoms with Crippen LogP contribution in [-0.2, 0) is 4.79 Å². The van der Waals surface area contributed by atoms with Crippen molar-refractivity contribution >= 4 is 23.2 Å². The molecule has 0 fully saturated rings. The van der Waals surface area contributed by atoms with E-state index in [4.69, 9.17) is 4.42 Å². The molecule has 6 heteroatoms. The predicted octanol–water partition coefficient (Wildman–Crippen LogP) is 1.16. The number of furan rings is 1. The number of hydrogen-bond acceptors (Lipinski definition) is 6. The van der Waals surface area contributed by atoms with E-state index in [9.17, 15) is 19.8 Å². The molecule has 0 radical (unpaired) electrons. The number of aldehydes is 1. The van der Waals surface area contributed by atoms with Gasteiger partial charge >= 0.3 is 0 Å². The van der Waals surface area contributed by atoms with E-state index in [1.807, 2.05) is 0 Å². The summed E-state index contributed by atoms with van der Waals surface area (Å²) in [6.45, 7) is 1.44. The fourth-order valence-electron chi connectivity index (χ4n) is 1.26. The molecule has 2 atom stereocenters. The van der Waals surface area contributed by atoms with Gasteiger partial charge < -0.3 is 14.6 Å². The van der Waals surface area contributed by atoms with Crippen molar-refractivity contribution in [2.75, 3.05) is 5.75 Å². The van der Waals surface area contributed by atoms with Crippen LogP contribution in [0.15, 0.2) is 16.5 Å². The van der Waals surface area contributed by atoms with E-state index >= 15 is 0 Å². The van der Waals surface area contributed by atoms with Crippen LogP contribution in [0.25, 0.3) is 0 Å². The Labute approximate surface area is 103 Å². The lowest BCUT2D eigenvalue weighted by Gasteiger charge is -2.14. The highest BCUT2D eigenvalue weighted by Gasteiger charge is 2.21. The summed E-state index contributed by atoms with van der Waals surface area (Å²) < 4.78 is 4.99. The van der Waals surface area contributed by atoms with Gasteiger partial charge in [0.1, 0.15) is 11.9 Å². The molecule has 1 heterocycles. The number of carbonyl (C=O) groups excluding carboxylic acids is 2. The highest BCUT2D eigenvalue weighted by atomic mass is 32.2. The molecule has 94 valence electrons. The van der Waals surface area contributed by atoms with Crippen molar-refractivity contribution < 1.29 is 24.2 Å². The monoisotopic (exact) mass is 258 g/mol. The van der Waals surface area contributed by atoms with Gasteiger partial charge in [-0.2, -0.15) is 0 Å². The molecular formula is C11H14O5S. The minimum atomic E-state index is -1.18. The number of rotatable bonds is 6. The van der Waals surface area contributed by atoms with E-state index in [-0.39, 0.29) is 23.1 Å². The van der Waals surface area contributed by atoms with Crippen LogP contribution in [0.1, 0.15) is 35.8 Å². The zero-order valence-electron chi connectivity index (χ0n) is 9.33. The minimum Gasteiger partial charge on any atom is -0.455 e. The molecule has 2 unspecified atom stereocenters. The van der Waals surface area contributed by atoms with Crippen LogP contribution in [0.3, 0.4) is 0 Å². The third-order valence-corrected chi connectivity index (χ3v) is 2.98. The molecular weight excluding hydrogens is 244 g/mol. The van der Waals surface area contributed by atoms with E-state index in [0.29, 0.717) is 12.0 Å². The smallest absolute Gasteiger partial charge is 0.185 e. The maximum atomic E-state index is 10.7. The van der Waals surface area contributed by atoms with Crippen molar-refractivity contribution in [2.45, 2.75) is 25.6 Å². The lowest BCUT2D eigenvalue weighted by Crippen LogP contribution is -2.18. The Morgan fingerprint density at radius 1 is 1.53 bits per heavy atom. The van der Waals surface area contributed by atoms with Crippen LogP contribution in [-0.4, -0.2) is 33.5 Å². The van der Waals surface area contributed by atoms with Crippen LogP contribution in [0.4, 0.5) is 0 Å². The van der Waals surface area contributed by atoms with Gasteiger partial charge in [0.2, 0.25) is 0 Å². The average molecular weight is 258 g/mol. The first-order valence-corrected chi connectivity index (χ1v) is 6.07. The molecule has 1 aromatic heterocycles. The first-order chi connectivity index (χ1) is 8.04. The molecule has 0 saturated heterocycles. The number of thioether (sulfide) groups is 1. The second-order valence-corrected chi connectivity index (χ2v) is 4.77. The lowest BCUT2D eigenvalue weighted by molar-refractivity contribution is -0.109. The molecule has 1 aromatic rings. The van der Waals surface area contributed by atoms with Crippen molar-refractivity contribution in [1.82, 2.24) is 0 Å². The predicted molar refractivity (Wildman–Crippen MR) is 62.8 cm³/mol. The Hall–Kier alpha value is -1.11. The summed E-state index contributed by atoms with van der Waals surface area (Å²) in [4.78, 5) is 21.0. The lowest BCUT2D eigenvalue weighted by atomic mass is 10.1. The molecule has 0 aliphatic carbocycles. The molecule has 0 aromatic carbocycles. The van der Waals surface area contributed by atoms with E-state index in [0.717, 1.165) is 11.8 Å². The van der Waals surface area contributed by atoms with Gasteiger partial charge in [-0.1, -0.05) is 11.8 Å². The zero-order chi connectivity index (χ0) is 12.8. The fraction of sp³-hybridized carbons (Fsp3) is 0.455. The molecule has 0 spiro atoms. The van der Waals surface area contributed by atoms with Crippen molar-refractivity contribution in [3.05, 3.63) is 23.7 Å². The van der Waals surface area contributed by atoms with Crippen LogP contribution in [0.5, 0.6) is 0 Å². The Balaban J connectivity index is 2.48. The molecule has 5 nitrogen and oxygen atoms in total. The zero-order valence-corrected chi connectivity index (χ0v) is 10.1. The van der Waals surface area contributed by atoms with Gasteiger partial charge in [0, 0.05) is 12.7 Å². The Morgan fingerprint density at radius 3 is 2.76 bits per heavy atom. The summed E-state index contributed by atoms with van der Waals surface area (Å²) in [5.74, 6) is 0.672. The molecule has 17 heavy (non-hydrogen) atoms. The van der Waals surface area contributed by atoms with Gasteiger partial charge in [-0.25, -0.2) is 0 Å². The van der Waals surface area contributed by atoms with Crippen molar-refractivity contribution in [1.29, 1.82) is 0 Å². The van der Waals surface area contributed by atoms with E-state index in [1.54, 1.807) is 0 Å². The topological polar surface area (TPSA) is 87.7 Å². The molecule has 0 aliphatic heterocycles. The van der Waals surface area contributed by atoms with Crippen molar-refractivity contribution in [2.24, 2.45) is 0 Å². The first-order valence-electron chi connectivity index (χ1n) is 5.09. The number of aliphatic hydroxyl groups is 2. The SMILES string of the molecule is CC(=O)SCCC(O)C(O)c1ccc(C=O)o1. The van der Waals surface area contributed by atoms with Gasteiger partial charge in [-0.3, -0.25) is 9.59 Å². The van der Waals surface area contributed by atoms with Crippen LogP contribution < -0.4 is 0 Å². The third-order valence-electron chi connectivity index (χ3n) is 2.14. The maximum Gasteiger partial charge on any atom is 0.185 e. The van der Waals surface area contributed by atoms with E-state index in [2.05, 4.69) is 0 Å². The largest absolute Gasteiger partial charge is 0.455 e. The van der Waals surface area contributed by atoms with Crippen LogP contribution in [0, 0.1) is 0 Å². The summed E-state index contributed by atoms with van der Waals surface area (Å²) in [7, 11) is 0. The quantitative estimate of drug-likeness (QED) is 0.744. The van der Waals surface area contributed by atoms with Gasteiger partial charge in [-0.15, -0.1) is 0 Å². The minimum absolute atomic E-state index is 0.0343. The Bertz CT molecular complexity index is 387. The van der Waals surface area contributed by atoms with Crippen LogP contribution in [0.2, 0.25) is 0 Å². The summed E-state index contributed by atoms with van der Waals surface area (Å²) in [6, 6.07) is 2.86. The third kappa shape index (κ3) is 4.33.